The second kappa shape index (κ2) is 7.77. The standard InChI is InChI=1S/C10H21N/c1-4-7-8-9-10(5-2)11-6-3/h4-9H2,1-3H3. The van der Waals surface area contributed by atoms with Crippen LogP contribution in [0.4, 0.5) is 0 Å². The Morgan fingerprint density at radius 2 is 1.82 bits per heavy atom. The van der Waals surface area contributed by atoms with Crippen molar-refractivity contribution in [2.24, 2.45) is 4.99 Å². The lowest BCUT2D eigenvalue weighted by Crippen LogP contribution is -1.96. The summed E-state index contributed by atoms with van der Waals surface area (Å²) in [6.07, 6.45) is 6.34. The van der Waals surface area contributed by atoms with Crippen LogP contribution in [0, 0.1) is 0 Å². The smallest absolute Gasteiger partial charge is 0.0360 e. The minimum Gasteiger partial charge on any atom is -0.294 e. The van der Waals surface area contributed by atoms with Crippen molar-refractivity contribution in [3.63, 3.8) is 0 Å². The van der Waals surface area contributed by atoms with Crippen LogP contribution in [0.2, 0.25) is 0 Å². The van der Waals surface area contributed by atoms with Gasteiger partial charge in [-0.1, -0.05) is 26.7 Å². The third-order valence-corrected chi connectivity index (χ3v) is 1.86. The molecule has 11 heavy (non-hydrogen) atoms. The molecule has 0 saturated carbocycles. The minimum absolute atomic E-state index is 0.954. The monoisotopic (exact) mass is 155 g/mol. The van der Waals surface area contributed by atoms with E-state index in [0.29, 0.717) is 0 Å². The maximum absolute atomic E-state index is 4.43. The third-order valence-electron chi connectivity index (χ3n) is 1.86. The highest BCUT2D eigenvalue weighted by molar-refractivity contribution is 5.84. The predicted octanol–water partition coefficient (Wildman–Crippen LogP) is 3.44. The highest BCUT2D eigenvalue weighted by Crippen LogP contribution is 2.03. The van der Waals surface area contributed by atoms with Crippen molar-refractivity contribution in [2.45, 2.75) is 52.9 Å². The molecule has 0 saturated heterocycles. The molecule has 0 atom stereocenters. The summed E-state index contributed by atoms with van der Waals surface area (Å²) in [7, 11) is 0. The number of aliphatic imine (C=N–C) groups is 1. The minimum atomic E-state index is 0.954. The first kappa shape index (κ1) is 10.7. The van der Waals surface area contributed by atoms with Crippen LogP contribution in [-0.4, -0.2) is 12.3 Å². The van der Waals surface area contributed by atoms with E-state index in [1.165, 1.54) is 31.4 Å². The Kier molecular flexibility index (Phi) is 7.54. The maximum atomic E-state index is 4.43. The quantitative estimate of drug-likeness (QED) is 0.411. The van der Waals surface area contributed by atoms with Crippen LogP contribution < -0.4 is 0 Å². The second-order valence-electron chi connectivity index (χ2n) is 2.85. The molecule has 0 heterocycles. The van der Waals surface area contributed by atoms with Gasteiger partial charge in [-0.15, -0.1) is 0 Å². The van der Waals surface area contributed by atoms with E-state index in [4.69, 9.17) is 0 Å². The highest BCUT2D eigenvalue weighted by Gasteiger charge is 1.94. The summed E-state index contributed by atoms with van der Waals surface area (Å²) in [6, 6.07) is 0. The lowest BCUT2D eigenvalue weighted by Gasteiger charge is -2.01. The van der Waals surface area contributed by atoms with Gasteiger partial charge in [-0.3, -0.25) is 4.99 Å². The van der Waals surface area contributed by atoms with Gasteiger partial charge in [0.1, 0.15) is 0 Å². The van der Waals surface area contributed by atoms with Crippen LogP contribution in [0.25, 0.3) is 0 Å². The molecule has 0 aliphatic heterocycles. The van der Waals surface area contributed by atoms with Gasteiger partial charge in [-0.25, -0.2) is 0 Å². The van der Waals surface area contributed by atoms with E-state index in [1.807, 2.05) is 0 Å². The summed E-state index contributed by atoms with van der Waals surface area (Å²) in [4.78, 5) is 4.43. The molecule has 66 valence electrons. The fourth-order valence-electron chi connectivity index (χ4n) is 1.17. The lowest BCUT2D eigenvalue weighted by molar-refractivity contribution is 0.736. The van der Waals surface area contributed by atoms with E-state index in [9.17, 15) is 0 Å². The molecule has 0 spiro atoms. The van der Waals surface area contributed by atoms with Crippen molar-refractivity contribution >= 4 is 5.71 Å². The average molecular weight is 155 g/mol. The van der Waals surface area contributed by atoms with Crippen LogP contribution in [0.15, 0.2) is 4.99 Å². The van der Waals surface area contributed by atoms with Crippen molar-refractivity contribution in [3.8, 4) is 0 Å². The van der Waals surface area contributed by atoms with Crippen LogP contribution in [-0.2, 0) is 0 Å². The first-order valence-corrected chi connectivity index (χ1v) is 4.87. The molecule has 1 heteroatoms. The number of unbranched alkanes of at least 4 members (excludes halogenated alkanes) is 2. The van der Waals surface area contributed by atoms with Gasteiger partial charge in [0.25, 0.3) is 0 Å². The molecule has 0 aromatic rings. The molecular weight excluding hydrogens is 134 g/mol. The molecule has 0 radical (unpaired) electrons. The highest BCUT2D eigenvalue weighted by atomic mass is 14.7. The molecule has 1 nitrogen and oxygen atoms in total. The largest absolute Gasteiger partial charge is 0.294 e. The summed E-state index contributed by atoms with van der Waals surface area (Å²) >= 11 is 0. The van der Waals surface area contributed by atoms with Crippen molar-refractivity contribution in [2.75, 3.05) is 6.54 Å². The SMILES string of the molecule is CCCCCC(CC)=NCC. The fraction of sp³-hybridized carbons (Fsp3) is 0.900. The molecule has 0 aromatic carbocycles. The average Bonchev–Trinajstić information content (AvgIpc) is 2.03. The van der Waals surface area contributed by atoms with Gasteiger partial charge in [0, 0.05) is 12.3 Å². The molecule has 0 aliphatic carbocycles. The molecule has 0 unspecified atom stereocenters. The fourth-order valence-corrected chi connectivity index (χ4v) is 1.17. The van der Waals surface area contributed by atoms with E-state index in [0.717, 1.165) is 13.0 Å². The van der Waals surface area contributed by atoms with Gasteiger partial charge in [0.15, 0.2) is 0 Å². The predicted molar refractivity (Wildman–Crippen MR) is 52.4 cm³/mol. The first-order valence-electron chi connectivity index (χ1n) is 4.87. The van der Waals surface area contributed by atoms with Crippen LogP contribution in [0.3, 0.4) is 0 Å². The van der Waals surface area contributed by atoms with Gasteiger partial charge in [-0.2, -0.15) is 0 Å². The van der Waals surface area contributed by atoms with E-state index >= 15 is 0 Å². The van der Waals surface area contributed by atoms with E-state index in [1.54, 1.807) is 0 Å². The molecule has 0 rings (SSSR count). The van der Waals surface area contributed by atoms with Crippen molar-refractivity contribution < 1.29 is 0 Å². The molecule has 0 N–H and O–H groups in total. The Morgan fingerprint density at radius 3 is 2.27 bits per heavy atom. The van der Waals surface area contributed by atoms with Gasteiger partial charge in [0.05, 0.1) is 0 Å². The Labute approximate surface area is 70.9 Å². The zero-order valence-corrected chi connectivity index (χ0v) is 8.19. The van der Waals surface area contributed by atoms with Crippen LogP contribution in [0.1, 0.15) is 52.9 Å². The second-order valence-corrected chi connectivity index (χ2v) is 2.85. The van der Waals surface area contributed by atoms with Crippen LogP contribution in [0.5, 0.6) is 0 Å². The summed E-state index contributed by atoms with van der Waals surface area (Å²) in [6.45, 7) is 7.49. The van der Waals surface area contributed by atoms with Crippen molar-refractivity contribution in [1.29, 1.82) is 0 Å². The Morgan fingerprint density at radius 1 is 1.09 bits per heavy atom. The maximum Gasteiger partial charge on any atom is 0.0360 e. The third kappa shape index (κ3) is 6.08. The summed E-state index contributed by atoms with van der Waals surface area (Å²) in [5.74, 6) is 0. The zero-order chi connectivity index (χ0) is 8.53. The number of hydrogen-bond donors (Lipinski definition) is 0. The molecule has 0 aromatic heterocycles. The van der Waals surface area contributed by atoms with E-state index in [2.05, 4.69) is 25.8 Å². The summed E-state index contributed by atoms with van der Waals surface area (Å²) in [5.41, 5.74) is 1.40. The first-order chi connectivity index (χ1) is 5.35. The van der Waals surface area contributed by atoms with Gasteiger partial charge in [0.2, 0.25) is 0 Å². The Balaban J connectivity index is 3.44. The topological polar surface area (TPSA) is 12.4 Å². The van der Waals surface area contributed by atoms with Crippen molar-refractivity contribution in [3.05, 3.63) is 0 Å². The summed E-state index contributed by atoms with van der Waals surface area (Å²) < 4.78 is 0. The molecule has 0 aliphatic rings. The number of hydrogen-bond acceptors (Lipinski definition) is 1. The van der Waals surface area contributed by atoms with Gasteiger partial charge in [-0.05, 0) is 26.2 Å². The van der Waals surface area contributed by atoms with E-state index in [-0.39, 0.29) is 0 Å². The van der Waals surface area contributed by atoms with Gasteiger partial charge >= 0.3 is 0 Å². The molecule has 0 amide bonds. The number of nitrogens with zero attached hydrogens (tertiary/aromatic N) is 1. The Bertz CT molecular complexity index is 105. The van der Waals surface area contributed by atoms with Crippen LogP contribution >= 0.6 is 0 Å². The lowest BCUT2D eigenvalue weighted by atomic mass is 10.1. The van der Waals surface area contributed by atoms with E-state index < -0.39 is 0 Å². The number of rotatable bonds is 6. The summed E-state index contributed by atoms with van der Waals surface area (Å²) in [5, 5.41) is 0. The van der Waals surface area contributed by atoms with Crippen molar-refractivity contribution in [1.82, 2.24) is 0 Å². The normalized spacial score (nSPS) is 12.1. The molecule has 0 bridgehead atoms. The zero-order valence-electron chi connectivity index (χ0n) is 8.19. The Hall–Kier alpha value is -0.330. The molecular formula is C10H21N. The van der Waals surface area contributed by atoms with Gasteiger partial charge < -0.3 is 0 Å². The molecule has 0 fully saturated rings.